The van der Waals surface area contributed by atoms with E-state index in [-0.39, 0.29) is 30.0 Å². The second kappa shape index (κ2) is 12.1. The van der Waals surface area contributed by atoms with Gasteiger partial charge in [-0.3, -0.25) is 9.52 Å². The van der Waals surface area contributed by atoms with Crippen molar-refractivity contribution in [1.82, 2.24) is 19.9 Å². The van der Waals surface area contributed by atoms with Crippen molar-refractivity contribution in [2.75, 3.05) is 34.2 Å². The number of nitrogens with zero attached hydrogens (tertiary/aromatic N) is 4. The molecule has 40 heavy (non-hydrogen) atoms. The van der Waals surface area contributed by atoms with Crippen LogP contribution in [0.15, 0.2) is 48.8 Å². The highest BCUT2D eigenvalue weighted by Gasteiger charge is 2.35. The fourth-order valence-electron chi connectivity index (χ4n) is 4.08. The third-order valence-corrected chi connectivity index (χ3v) is 7.79. The number of anilines is 4. The molecular weight excluding hydrogens is 547 g/mol. The fourth-order valence-corrected chi connectivity index (χ4v) is 4.70. The summed E-state index contributed by atoms with van der Waals surface area (Å²) in [4.78, 5) is 26.4. The maximum atomic E-state index is 13.7. The van der Waals surface area contributed by atoms with E-state index in [4.69, 9.17) is 0 Å². The van der Waals surface area contributed by atoms with Gasteiger partial charge >= 0.3 is 6.18 Å². The molecule has 14 heteroatoms. The smallest absolute Gasteiger partial charge is 0.365 e. The summed E-state index contributed by atoms with van der Waals surface area (Å²) >= 11 is 0. The third kappa shape index (κ3) is 7.37. The Bertz CT molecular complexity index is 1440. The van der Waals surface area contributed by atoms with Gasteiger partial charge in [-0.2, -0.15) is 18.2 Å². The van der Waals surface area contributed by atoms with Gasteiger partial charge in [-0.1, -0.05) is 13.0 Å². The van der Waals surface area contributed by atoms with Crippen LogP contribution in [0.2, 0.25) is 0 Å². The molecule has 10 nitrogen and oxygen atoms in total. The zero-order chi connectivity index (χ0) is 28.9. The zero-order valence-corrected chi connectivity index (χ0v) is 22.8. The Balaban J connectivity index is 1.50. The van der Waals surface area contributed by atoms with Crippen molar-refractivity contribution in [3.63, 3.8) is 0 Å². The van der Waals surface area contributed by atoms with Crippen LogP contribution in [-0.4, -0.2) is 53.0 Å². The lowest BCUT2D eigenvalue weighted by atomic mass is 9.98. The molecule has 1 aromatic carbocycles. The van der Waals surface area contributed by atoms with Crippen LogP contribution in [-0.2, 0) is 22.7 Å². The number of amides is 1. The molecule has 214 valence electrons. The molecule has 0 unspecified atom stereocenters. The number of pyridine rings is 1. The van der Waals surface area contributed by atoms with Crippen molar-refractivity contribution in [3.8, 4) is 0 Å². The number of hydrogen-bond donors (Lipinski definition) is 3. The Labute approximate surface area is 230 Å². The van der Waals surface area contributed by atoms with Crippen molar-refractivity contribution in [3.05, 3.63) is 65.5 Å². The van der Waals surface area contributed by atoms with Crippen LogP contribution in [0.25, 0.3) is 0 Å². The molecule has 0 atom stereocenters. The van der Waals surface area contributed by atoms with Gasteiger partial charge in [0.15, 0.2) is 0 Å². The van der Waals surface area contributed by atoms with Gasteiger partial charge < -0.3 is 15.5 Å². The summed E-state index contributed by atoms with van der Waals surface area (Å²) in [6.45, 7) is 4.84. The first-order chi connectivity index (χ1) is 18.9. The molecule has 1 saturated heterocycles. The lowest BCUT2D eigenvalue weighted by Gasteiger charge is -2.30. The molecule has 0 radical (unpaired) electrons. The minimum absolute atomic E-state index is 0.00603. The number of piperidine rings is 1. The number of carbonyl (C=O) groups excluding carboxylic acids is 1. The van der Waals surface area contributed by atoms with Crippen molar-refractivity contribution in [1.29, 1.82) is 0 Å². The molecule has 3 heterocycles. The summed E-state index contributed by atoms with van der Waals surface area (Å²) in [5.74, 6) is -0.248. The summed E-state index contributed by atoms with van der Waals surface area (Å²) < 4.78 is 67.4. The number of rotatable bonds is 9. The monoisotopic (exact) mass is 577 g/mol. The summed E-state index contributed by atoms with van der Waals surface area (Å²) in [5.41, 5.74) is 0.235. The number of carbonyl (C=O) groups is 1. The van der Waals surface area contributed by atoms with Gasteiger partial charge in [0, 0.05) is 48.8 Å². The Morgan fingerprint density at radius 1 is 1.07 bits per heavy atom. The van der Waals surface area contributed by atoms with Gasteiger partial charge in [0.25, 0.3) is 5.91 Å². The second-order valence-electron chi connectivity index (χ2n) is 9.50. The van der Waals surface area contributed by atoms with Crippen molar-refractivity contribution in [2.24, 2.45) is 5.92 Å². The van der Waals surface area contributed by atoms with Crippen LogP contribution >= 0.6 is 0 Å². The number of hydrogen-bond acceptors (Lipinski definition) is 8. The van der Waals surface area contributed by atoms with E-state index in [1.807, 2.05) is 4.90 Å². The van der Waals surface area contributed by atoms with Crippen LogP contribution in [0.3, 0.4) is 0 Å². The second-order valence-corrected chi connectivity index (χ2v) is 11.5. The highest BCUT2D eigenvalue weighted by Crippen LogP contribution is 2.34. The Morgan fingerprint density at radius 3 is 2.42 bits per heavy atom. The molecule has 0 saturated carbocycles. The summed E-state index contributed by atoms with van der Waals surface area (Å²) in [6, 6.07) is 9.64. The molecule has 0 bridgehead atoms. The van der Waals surface area contributed by atoms with Crippen molar-refractivity contribution < 1.29 is 26.4 Å². The van der Waals surface area contributed by atoms with Gasteiger partial charge in [-0.05, 0) is 56.0 Å². The predicted octanol–water partition coefficient (Wildman–Crippen LogP) is 4.88. The molecule has 1 aliphatic heterocycles. The molecule has 2 aromatic heterocycles. The normalized spacial score (nSPS) is 14.6. The largest absolute Gasteiger partial charge is 0.421 e. The predicted molar refractivity (Wildman–Crippen MR) is 146 cm³/mol. The topological polar surface area (TPSA) is 129 Å². The van der Waals surface area contributed by atoms with E-state index in [9.17, 15) is 26.4 Å². The van der Waals surface area contributed by atoms with Crippen LogP contribution in [0, 0.1) is 5.92 Å². The number of benzene rings is 1. The number of alkyl halides is 3. The molecule has 1 fully saturated rings. The van der Waals surface area contributed by atoms with Crippen molar-refractivity contribution >= 4 is 39.2 Å². The minimum atomic E-state index is -4.74. The van der Waals surface area contributed by atoms with E-state index in [0.29, 0.717) is 42.0 Å². The van der Waals surface area contributed by atoms with E-state index < -0.39 is 27.6 Å². The average Bonchev–Trinajstić information content (AvgIpc) is 2.92. The van der Waals surface area contributed by atoms with E-state index in [1.165, 1.54) is 19.2 Å². The first-order valence-electron chi connectivity index (χ1n) is 12.7. The number of likely N-dealkylation sites (tertiary alicyclic amines) is 1. The lowest BCUT2D eigenvalue weighted by molar-refractivity contribution is -0.137. The summed E-state index contributed by atoms with van der Waals surface area (Å²) in [7, 11) is -3.65. The third-order valence-electron chi connectivity index (χ3n) is 6.52. The highest BCUT2D eigenvalue weighted by molar-refractivity contribution is 7.92. The standard InChI is InChI=1S/C26H30F3N7O3S/c1-3-40(38,39)35-22-19(5-4-12-30-22)15-31-23-21(26(27,28)29)16-32-25(34-23)33-20-8-6-18(7-9-20)24(37)36-13-10-17(2)11-14-36/h4-9,12,16-17H,3,10-11,13-15H2,1-2H3,(H,30,35)(H2,31,32,33,34). The minimum Gasteiger partial charge on any atom is -0.365 e. The van der Waals surface area contributed by atoms with E-state index in [0.717, 1.165) is 12.8 Å². The first-order valence-corrected chi connectivity index (χ1v) is 14.4. The van der Waals surface area contributed by atoms with Gasteiger partial charge in [0.05, 0.1) is 5.75 Å². The first kappa shape index (κ1) is 29.1. The maximum absolute atomic E-state index is 13.7. The van der Waals surface area contributed by atoms with E-state index >= 15 is 0 Å². The molecule has 1 amide bonds. The zero-order valence-electron chi connectivity index (χ0n) is 22.0. The van der Waals surface area contributed by atoms with Crippen LogP contribution < -0.4 is 15.4 Å². The lowest BCUT2D eigenvalue weighted by Crippen LogP contribution is -2.37. The van der Waals surface area contributed by atoms with Crippen LogP contribution in [0.5, 0.6) is 0 Å². The Hall–Kier alpha value is -3.94. The quantitative estimate of drug-likeness (QED) is 0.328. The van der Waals surface area contributed by atoms with Gasteiger partial charge in [0.2, 0.25) is 16.0 Å². The molecule has 0 aliphatic carbocycles. The number of nitrogens with one attached hydrogen (secondary N) is 3. The van der Waals surface area contributed by atoms with Gasteiger partial charge in [0.1, 0.15) is 17.2 Å². The average molecular weight is 578 g/mol. The van der Waals surface area contributed by atoms with Crippen LogP contribution in [0.4, 0.5) is 36.4 Å². The summed E-state index contributed by atoms with van der Waals surface area (Å²) in [5, 5.41) is 5.50. The van der Waals surface area contributed by atoms with Crippen LogP contribution in [0.1, 0.15) is 48.2 Å². The molecule has 3 N–H and O–H groups in total. The SMILES string of the molecule is CCS(=O)(=O)Nc1ncccc1CNc1nc(Nc2ccc(C(=O)N3CCC(C)CC3)cc2)ncc1C(F)(F)F. The summed E-state index contributed by atoms with van der Waals surface area (Å²) in [6.07, 6.45) is -0.781. The number of halogens is 3. The van der Waals surface area contributed by atoms with Crippen molar-refractivity contribution in [2.45, 2.75) is 39.4 Å². The molecule has 4 rings (SSSR count). The highest BCUT2D eigenvalue weighted by atomic mass is 32.2. The van der Waals surface area contributed by atoms with Gasteiger partial charge in [-0.15, -0.1) is 0 Å². The Kier molecular flexibility index (Phi) is 8.76. The number of sulfonamides is 1. The Morgan fingerprint density at radius 2 is 1.77 bits per heavy atom. The molecule has 3 aromatic rings. The molecular formula is C26H30F3N7O3S. The maximum Gasteiger partial charge on any atom is 0.421 e. The van der Waals surface area contributed by atoms with E-state index in [2.05, 4.69) is 37.2 Å². The van der Waals surface area contributed by atoms with Gasteiger partial charge in [-0.25, -0.2) is 18.4 Å². The molecule has 1 aliphatic rings. The number of aromatic nitrogens is 3. The molecule has 0 spiro atoms. The fraction of sp³-hybridized carbons (Fsp3) is 0.385. The van der Waals surface area contributed by atoms with E-state index in [1.54, 1.807) is 30.3 Å².